The molecule has 0 atom stereocenters. The quantitative estimate of drug-likeness (QED) is 0.142. The van der Waals surface area contributed by atoms with Gasteiger partial charge in [0.25, 0.3) is 0 Å². The zero-order valence-corrected chi connectivity index (χ0v) is 57.7. The van der Waals surface area contributed by atoms with Gasteiger partial charge in [0.15, 0.2) is 0 Å². The molecule has 0 N–H and O–H groups in total. The Hall–Kier alpha value is -11.4. The van der Waals surface area contributed by atoms with Gasteiger partial charge in [0, 0.05) is 10.8 Å². The maximum atomic E-state index is 2.49. The summed E-state index contributed by atoms with van der Waals surface area (Å²) in [6.45, 7) is 16.7. The number of hydrogen-bond donors (Lipinski definition) is 0. The van der Waals surface area contributed by atoms with Crippen LogP contribution in [-0.4, -0.2) is 0 Å². The Morgan fingerprint density at radius 2 is 0.670 bits per heavy atom. The van der Waals surface area contributed by atoms with Crippen molar-refractivity contribution in [3.05, 3.63) is 336 Å². The second kappa shape index (κ2) is 21.5. The van der Waals surface area contributed by atoms with Gasteiger partial charge in [-0.15, -0.1) is 0 Å². The molecule has 5 aliphatic carbocycles. The molecule has 15 aromatic rings. The van der Waals surface area contributed by atoms with E-state index in [1.807, 2.05) is 0 Å². The van der Waals surface area contributed by atoms with Gasteiger partial charge in [0.2, 0.25) is 0 Å². The standard InChI is InChI=1S/C100H74/c1-98(2,3)76-53-74-40-39-69-41-47-77(84-52-46-75(54-76)91(74)93(69)84)65-35-31-64(32-36-65)71-43-49-79-81-51-45-73(58-90(81)100(6,7)88(79)56-71)72-44-50-80-78-48-42-70(55-87(78)99(4,5)89(80)57-72)63-29-27-61(28-30-63)59-23-25-60(26-24-59)62-33-37-68(38-34-62)95-83-20-12-11-19-82(83)94(67-15-9-8-10-16-67)96-85-21-13-17-66-18-14-22-86(92(66)85)97(95)96/h8-38,40-52,54-58H,39,53H2,1-7H3. The predicted octanol–water partition coefficient (Wildman–Crippen LogP) is 27.5. The van der Waals surface area contributed by atoms with E-state index in [0.717, 1.165) is 12.8 Å². The topological polar surface area (TPSA) is 0 Å². The molecule has 0 fully saturated rings. The highest BCUT2D eigenvalue weighted by Gasteiger charge is 2.39. The minimum atomic E-state index is -0.176. The maximum absolute atomic E-state index is 2.49. The van der Waals surface area contributed by atoms with Gasteiger partial charge in [-0.25, -0.2) is 0 Å². The maximum Gasteiger partial charge on any atom is 0.0159 e. The summed E-state index contributed by atoms with van der Waals surface area (Å²) >= 11 is 0. The van der Waals surface area contributed by atoms with Crippen molar-refractivity contribution in [2.75, 3.05) is 0 Å². The Morgan fingerprint density at radius 1 is 0.280 bits per heavy atom. The second-order valence-electron chi connectivity index (χ2n) is 31.0. The summed E-state index contributed by atoms with van der Waals surface area (Å²) < 4.78 is 0. The molecule has 0 amide bonds. The van der Waals surface area contributed by atoms with E-state index in [1.165, 1.54) is 216 Å². The first-order valence-electron chi connectivity index (χ1n) is 35.9. The Bertz CT molecular complexity index is 6090. The van der Waals surface area contributed by atoms with Gasteiger partial charge >= 0.3 is 0 Å². The van der Waals surface area contributed by atoms with Crippen molar-refractivity contribution in [1.29, 1.82) is 0 Å². The molecule has 0 bridgehead atoms. The van der Waals surface area contributed by atoms with Gasteiger partial charge in [-0.2, -0.15) is 0 Å². The van der Waals surface area contributed by atoms with Crippen LogP contribution in [0.2, 0.25) is 0 Å². The molecule has 100 heavy (non-hydrogen) atoms. The molecule has 15 aromatic carbocycles. The Labute approximate surface area is 587 Å². The van der Waals surface area contributed by atoms with Crippen LogP contribution in [0.15, 0.2) is 297 Å². The zero-order valence-electron chi connectivity index (χ0n) is 57.7. The van der Waals surface area contributed by atoms with Gasteiger partial charge in [-0.05, 0) is 253 Å². The molecule has 0 aliphatic heterocycles. The summed E-state index contributed by atoms with van der Waals surface area (Å²) in [4.78, 5) is 0. The molecule has 0 heteroatoms. The smallest absolute Gasteiger partial charge is 0.0159 e. The molecule has 0 aromatic heterocycles. The van der Waals surface area contributed by atoms with Crippen molar-refractivity contribution < 1.29 is 0 Å². The van der Waals surface area contributed by atoms with Gasteiger partial charge < -0.3 is 0 Å². The molecular formula is C100H74. The Morgan fingerprint density at radius 3 is 1.13 bits per heavy atom. The van der Waals surface area contributed by atoms with E-state index in [-0.39, 0.29) is 16.2 Å². The van der Waals surface area contributed by atoms with Crippen molar-refractivity contribution in [2.45, 2.75) is 72.1 Å². The number of allylic oxidation sites excluding steroid dienone is 3. The van der Waals surface area contributed by atoms with Crippen LogP contribution in [0.4, 0.5) is 0 Å². The fraction of sp³-hybridized carbons (Fsp3) is 0.120. The van der Waals surface area contributed by atoms with Crippen molar-refractivity contribution in [1.82, 2.24) is 0 Å². The summed E-state index contributed by atoms with van der Waals surface area (Å²) in [5.41, 5.74) is 43.3. The van der Waals surface area contributed by atoms with Gasteiger partial charge in [-0.1, -0.05) is 327 Å². The van der Waals surface area contributed by atoms with Gasteiger partial charge in [0.05, 0.1) is 0 Å². The molecule has 20 rings (SSSR count). The Kier molecular flexibility index (Phi) is 12.6. The van der Waals surface area contributed by atoms with Crippen molar-refractivity contribution in [3.63, 3.8) is 0 Å². The second-order valence-corrected chi connectivity index (χ2v) is 31.0. The molecule has 0 spiro atoms. The fourth-order valence-electron chi connectivity index (χ4n) is 18.4. The third-order valence-corrected chi connectivity index (χ3v) is 23.7. The average Bonchev–Trinajstić information content (AvgIpc) is 1.59. The van der Waals surface area contributed by atoms with E-state index in [9.17, 15) is 0 Å². The van der Waals surface area contributed by atoms with E-state index >= 15 is 0 Å². The monoisotopic (exact) mass is 1270 g/mol. The predicted molar refractivity (Wildman–Crippen MR) is 426 cm³/mol. The number of fused-ring (bicyclic) bond motifs is 10. The lowest BCUT2D eigenvalue weighted by Crippen LogP contribution is -2.15. The lowest BCUT2D eigenvalue weighted by atomic mass is 9.72. The van der Waals surface area contributed by atoms with E-state index in [2.05, 4.69) is 346 Å². The van der Waals surface area contributed by atoms with Crippen molar-refractivity contribution in [2.24, 2.45) is 5.41 Å². The Balaban J connectivity index is 0.536. The molecule has 474 valence electrons. The minimum Gasteiger partial charge on any atom is -0.0759 e. The highest BCUT2D eigenvalue weighted by atomic mass is 14.4. The molecule has 0 heterocycles. The van der Waals surface area contributed by atoms with Crippen LogP contribution in [0.1, 0.15) is 93.8 Å². The number of hydrogen-bond acceptors (Lipinski definition) is 0. The number of rotatable bonds is 8. The van der Waals surface area contributed by atoms with E-state index in [1.54, 1.807) is 0 Å². The zero-order chi connectivity index (χ0) is 67.1. The molecule has 0 saturated carbocycles. The first-order chi connectivity index (χ1) is 48.7. The third-order valence-electron chi connectivity index (χ3n) is 23.7. The van der Waals surface area contributed by atoms with Crippen LogP contribution < -0.4 is 0 Å². The average molecular weight is 1280 g/mol. The van der Waals surface area contributed by atoms with Crippen LogP contribution in [0.3, 0.4) is 0 Å². The third kappa shape index (κ3) is 8.79. The van der Waals surface area contributed by atoms with Gasteiger partial charge in [0.1, 0.15) is 0 Å². The molecule has 0 saturated heterocycles. The lowest BCUT2D eigenvalue weighted by molar-refractivity contribution is 0.498. The molecule has 0 radical (unpaired) electrons. The fourth-order valence-corrected chi connectivity index (χ4v) is 18.4. The van der Waals surface area contributed by atoms with Crippen LogP contribution in [-0.2, 0) is 17.3 Å². The highest BCUT2D eigenvalue weighted by Crippen LogP contribution is 2.59. The normalized spacial score (nSPS) is 14.6. The van der Waals surface area contributed by atoms with Crippen LogP contribution in [0, 0.1) is 5.41 Å². The summed E-state index contributed by atoms with van der Waals surface area (Å²) in [5, 5.41) is 8.00. The van der Waals surface area contributed by atoms with Crippen LogP contribution in [0.5, 0.6) is 0 Å². The summed E-state index contributed by atoms with van der Waals surface area (Å²) in [7, 11) is 0. The summed E-state index contributed by atoms with van der Waals surface area (Å²) in [6, 6.07) is 109. The highest BCUT2D eigenvalue weighted by molar-refractivity contribution is 6.27. The number of benzene rings is 15. The largest absolute Gasteiger partial charge is 0.0759 e. The summed E-state index contributed by atoms with van der Waals surface area (Å²) in [6.07, 6.45) is 7.00. The van der Waals surface area contributed by atoms with E-state index in [4.69, 9.17) is 0 Å². The lowest BCUT2D eigenvalue weighted by Gasteiger charge is -2.32. The van der Waals surface area contributed by atoms with Crippen molar-refractivity contribution in [3.8, 4) is 134 Å². The first kappa shape index (κ1) is 58.7. The van der Waals surface area contributed by atoms with Crippen LogP contribution in [0.25, 0.3) is 177 Å². The molecular weight excluding hydrogens is 1200 g/mol. The molecule has 0 nitrogen and oxygen atoms in total. The van der Waals surface area contributed by atoms with E-state index < -0.39 is 0 Å². The van der Waals surface area contributed by atoms with Crippen molar-refractivity contribution >= 4 is 44.0 Å². The first-order valence-corrected chi connectivity index (χ1v) is 35.9. The molecule has 5 aliphatic rings. The minimum absolute atomic E-state index is 0.156. The van der Waals surface area contributed by atoms with Gasteiger partial charge in [-0.3, -0.25) is 0 Å². The SMILES string of the molecule is CC(C)(C)C1=Cc2ccc3c(-c4ccc(-c5ccc6c(c5)C(C)(C)c5cc(-c7ccc8c(c7)C(C)(C)c7cc(-c9ccc(-c%10ccc(-c%11ccc(-c%12c%13c(c(-c%14ccccc%14)c%14ccccc%12%14)-c%12cccc%14cccc-%13c%12%14)cc%11)cc%10)cc9)ccc7-8)ccc5-6)cc4)ccc4c3c2C(=CC4)C1. The molecule has 0 unspecified atom stereocenters. The summed E-state index contributed by atoms with van der Waals surface area (Å²) in [5.74, 6) is 0. The van der Waals surface area contributed by atoms with E-state index in [0.29, 0.717) is 0 Å². The van der Waals surface area contributed by atoms with Crippen LogP contribution >= 0.6 is 0 Å².